The first kappa shape index (κ1) is 16.9. The van der Waals surface area contributed by atoms with Crippen molar-refractivity contribution >= 4 is 26.0 Å². The van der Waals surface area contributed by atoms with Crippen LogP contribution in [-0.4, -0.2) is 21.0 Å². The summed E-state index contributed by atoms with van der Waals surface area (Å²) < 4.78 is 42.7. The summed E-state index contributed by atoms with van der Waals surface area (Å²) >= 11 is 3.25. The molecule has 1 aliphatic carbocycles. The SMILES string of the molecule is CNCc1cc(Br)cc(S(=O)(=O)NC2(C)CCCC2)c1F. The van der Waals surface area contributed by atoms with E-state index in [0.29, 0.717) is 10.0 Å². The third-order valence-corrected chi connectivity index (χ3v) is 5.92. The van der Waals surface area contributed by atoms with Gasteiger partial charge in [-0.1, -0.05) is 28.8 Å². The molecular formula is C14H20BrFN2O2S. The molecular weight excluding hydrogens is 359 g/mol. The molecule has 1 aromatic rings. The number of nitrogens with one attached hydrogen (secondary N) is 2. The molecule has 0 heterocycles. The minimum absolute atomic E-state index is 0.269. The fourth-order valence-corrected chi connectivity index (χ4v) is 5.04. The molecule has 2 N–H and O–H groups in total. The predicted molar refractivity (Wildman–Crippen MR) is 84.1 cm³/mol. The zero-order valence-corrected chi connectivity index (χ0v) is 14.6. The van der Waals surface area contributed by atoms with Crippen molar-refractivity contribution in [2.75, 3.05) is 7.05 Å². The molecule has 0 aromatic heterocycles. The summed E-state index contributed by atoms with van der Waals surface area (Å²) in [6.45, 7) is 2.15. The molecule has 1 aromatic carbocycles. The van der Waals surface area contributed by atoms with E-state index in [1.165, 1.54) is 6.07 Å². The van der Waals surface area contributed by atoms with Gasteiger partial charge in [0.15, 0.2) is 0 Å². The Bertz CT molecular complexity index is 628. The Labute approximate surface area is 133 Å². The van der Waals surface area contributed by atoms with Gasteiger partial charge < -0.3 is 5.32 Å². The fourth-order valence-electron chi connectivity index (χ4n) is 2.77. The van der Waals surface area contributed by atoms with Crippen LogP contribution in [0.2, 0.25) is 0 Å². The summed E-state index contributed by atoms with van der Waals surface area (Å²) in [5.74, 6) is -0.693. The van der Waals surface area contributed by atoms with Crippen LogP contribution in [0.15, 0.2) is 21.5 Å². The topological polar surface area (TPSA) is 58.2 Å². The van der Waals surface area contributed by atoms with Crippen molar-refractivity contribution in [2.24, 2.45) is 0 Å². The summed E-state index contributed by atoms with van der Waals surface area (Å²) in [5.41, 5.74) is -0.152. The molecule has 0 atom stereocenters. The molecule has 4 nitrogen and oxygen atoms in total. The number of hydrogen-bond donors (Lipinski definition) is 2. The Hall–Kier alpha value is -0.500. The maximum absolute atomic E-state index is 14.5. The second-order valence-electron chi connectivity index (χ2n) is 5.78. The van der Waals surface area contributed by atoms with Gasteiger partial charge in [0.2, 0.25) is 10.0 Å². The number of rotatable bonds is 5. The standard InChI is InChI=1S/C14H20BrFN2O2S/c1-14(5-3-4-6-14)18-21(19,20)12-8-11(15)7-10(9-17-2)13(12)16/h7-8,17-18H,3-6,9H2,1-2H3. The molecule has 0 unspecified atom stereocenters. The highest BCUT2D eigenvalue weighted by molar-refractivity contribution is 9.10. The van der Waals surface area contributed by atoms with Gasteiger partial charge in [-0.05, 0) is 38.9 Å². The van der Waals surface area contributed by atoms with E-state index in [4.69, 9.17) is 0 Å². The van der Waals surface area contributed by atoms with E-state index in [1.54, 1.807) is 13.1 Å². The summed E-state index contributed by atoms with van der Waals surface area (Å²) in [6, 6.07) is 2.90. The van der Waals surface area contributed by atoms with Gasteiger partial charge in [0.25, 0.3) is 0 Å². The fraction of sp³-hybridized carbons (Fsp3) is 0.571. The second-order valence-corrected chi connectivity index (χ2v) is 8.35. The molecule has 1 aliphatic rings. The van der Waals surface area contributed by atoms with Crippen molar-refractivity contribution in [2.45, 2.75) is 49.6 Å². The maximum atomic E-state index is 14.5. The van der Waals surface area contributed by atoms with Crippen molar-refractivity contribution in [3.8, 4) is 0 Å². The van der Waals surface area contributed by atoms with E-state index in [-0.39, 0.29) is 11.4 Å². The van der Waals surface area contributed by atoms with Gasteiger partial charge in [-0.15, -0.1) is 0 Å². The van der Waals surface area contributed by atoms with E-state index in [0.717, 1.165) is 25.7 Å². The first-order valence-corrected chi connectivity index (χ1v) is 9.21. The Kier molecular flexibility index (Phi) is 5.07. The highest BCUT2D eigenvalue weighted by atomic mass is 79.9. The van der Waals surface area contributed by atoms with Gasteiger partial charge in [0.05, 0.1) is 0 Å². The quantitative estimate of drug-likeness (QED) is 0.827. The molecule has 7 heteroatoms. The average Bonchev–Trinajstić information content (AvgIpc) is 2.79. The highest BCUT2D eigenvalue weighted by Crippen LogP contribution is 2.32. The Morgan fingerprint density at radius 3 is 2.52 bits per heavy atom. The van der Waals surface area contributed by atoms with Crippen LogP contribution in [0.3, 0.4) is 0 Å². The average molecular weight is 379 g/mol. The van der Waals surface area contributed by atoms with Crippen LogP contribution in [-0.2, 0) is 16.6 Å². The van der Waals surface area contributed by atoms with Crippen LogP contribution in [0, 0.1) is 5.82 Å². The molecule has 0 bridgehead atoms. The largest absolute Gasteiger partial charge is 0.316 e. The summed E-state index contributed by atoms with van der Waals surface area (Å²) in [7, 11) is -2.19. The van der Waals surface area contributed by atoms with Gasteiger partial charge in [-0.2, -0.15) is 0 Å². The van der Waals surface area contributed by atoms with Crippen LogP contribution in [0.5, 0.6) is 0 Å². The van der Waals surface area contributed by atoms with Gasteiger partial charge in [0.1, 0.15) is 10.7 Å². The molecule has 1 fully saturated rings. The van der Waals surface area contributed by atoms with Crippen LogP contribution < -0.4 is 10.0 Å². The molecule has 0 radical (unpaired) electrons. The van der Waals surface area contributed by atoms with E-state index < -0.39 is 21.4 Å². The Morgan fingerprint density at radius 1 is 1.33 bits per heavy atom. The molecule has 0 aliphatic heterocycles. The molecule has 2 rings (SSSR count). The number of hydrogen-bond acceptors (Lipinski definition) is 3. The summed E-state index contributed by atoms with van der Waals surface area (Å²) in [6.07, 6.45) is 3.55. The first-order valence-electron chi connectivity index (χ1n) is 6.94. The third-order valence-electron chi connectivity index (χ3n) is 3.82. The summed E-state index contributed by atoms with van der Waals surface area (Å²) in [4.78, 5) is -0.296. The van der Waals surface area contributed by atoms with Crippen molar-refractivity contribution < 1.29 is 12.8 Å². The zero-order valence-electron chi connectivity index (χ0n) is 12.2. The smallest absolute Gasteiger partial charge is 0.244 e. The molecule has 0 saturated heterocycles. The van der Waals surface area contributed by atoms with Crippen molar-refractivity contribution in [3.05, 3.63) is 28.0 Å². The van der Waals surface area contributed by atoms with E-state index in [2.05, 4.69) is 26.0 Å². The lowest BCUT2D eigenvalue weighted by molar-refractivity contribution is 0.425. The van der Waals surface area contributed by atoms with Gasteiger partial charge >= 0.3 is 0 Å². The molecule has 118 valence electrons. The lowest BCUT2D eigenvalue weighted by Gasteiger charge is -2.25. The van der Waals surface area contributed by atoms with Gasteiger partial charge in [-0.25, -0.2) is 17.5 Å². The van der Waals surface area contributed by atoms with Crippen LogP contribution in [0.4, 0.5) is 4.39 Å². The maximum Gasteiger partial charge on any atom is 0.244 e. The third kappa shape index (κ3) is 3.83. The Morgan fingerprint density at radius 2 is 1.95 bits per heavy atom. The van der Waals surface area contributed by atoms with Crippen LogP contribution >= 0.6 is 15.9 Å². The minimum Gasteiger partial charge on any atom is -0.316 e. The first-order chi connectivity index (χ1) is 9.77. The minimum atomic E-state index is -3.88. The normalized spacial score (nSPS) is 18.1. The Balaban J connectivity index is 2.39. The van der Waals surface area contributed by atoms with Gasteiger partial charge in [0, 0.05) is 22.1 Å². The van der Waals surface area contributed by atoms with Crippen molar-refractivity contribution in [3.63, 3.8) is 0 Å². The monoisotopic (exact) mass is 378 g/mol. The van der Waals surface area contributed by atoms with E-state index >= 15 is 0 Å². The lowest BCUT2D eigenvalue weighted by atomic mass is 10.0. The van der Waals surface area contributed by atoms with E-state index in [1.807, 2.05) is 6.92 Å². The van der Waals surface area contributed by atoms with E-state index in [9.17, 15) is 12.8 Å². The van der Waals surface area contributed by atoms with Crippen molar-refractivity contribution in [1.82, 2.24) is 10.0 Å². The zero-order chi connectivity index (χ0) is 15.7. The summed E-state index contributed by atoms with van der Waals surface area (Å²) in [5, 5.41) is 2.84. The van der Waals surface area contributed by atoms with Crippen LogP contribution in [0.25, 0.3) is 0 Å². The second kappa shape index (κ2) is 6.32. The van der Waals surface area contributed by atoms with Gasteiger partial charge in [-0.3, -0.25) is 0 Å². The molecule has 21 heavy (non-hydrogen) atoms. The van der Waals surface area contributed by atoms with Crippen molar-refractivity contribution in [1.29, 1.82) is 0 Å². The lowest BCUT2D eigenvalue weighted by Crippen LogP contribution is -2.43. The number of sulfonamides is 1. The number of benzene rings is 1. The highest BCUT2D eigenvalue weighted by Gasteiger charge is 2.35. The number of halogens is 2. The molecule has 1 saturated carbocycles. The predicted octanol–water partition coefficient (Wildman–Crippen LogP) is 2.92. The molecule has 0 spiro atoms. The van der Waals surface area contributed by atoms with Crippen LogP contribution in [0.1, 0.15) is 38.2 Å². The molecule has 0 amide bonds.